The fourth-order valence-electron chi connectivity index (χ4n) is 4.88. The van der Waals surface area contributed by atoms with Crippen LogP contribution in [-0.4, -0.2) is 44.9 Å². The lowest BCUT2D eigenvalue weighted by atomic mass is 10.1. The molecular weight excluding hydrogens is 492 g/mol. The van der Waals surface area contributed by atoms with E-state index < -0.39 is 0 Å². The first-order valence-corrected chi connectivity index (χ1v) is 13.0. The summed E-state index contributed by atoms with van der Waals surface area (Å²) in [4.78, 5) is 35.4. The summed E-state index contributed by atoms with van der Waals surface area (Å²) in [7, 11) is 0. The molecule has 0 N–H and O–H groups in total. The number of hydrogen-bond acceptors (Lipinski definition) is 3. The normalized spacial score (nSPS) is 17.9. The largest absolute Gasteiger partial charge is 0.336 e. The van der Waals surface area contributed by atoms with Crippen molar-refractivity contribution in [2.75, 3.05) is 11.4 Å². The van der Waals surface area contributed by atoms with Crippen LogP contribution in [0.1, 0.15) is 58.7 Å². The Bertz CT molecular complexity index is 1180. The van der Waals surface area contributed by atoms with E-state index >= 15 is 0 Å². The number of imidazole rings is 1. The predicted octanol–water partition coefficient (Wildman–Crippen LogP) is 5.74. The van der Waals surface area contributed by atoms with Gasteiger partial charge in [0.2, 0.25) is 11.8 Å². The summed E-state index contributed by atoms with van der Waals surface area (Å²) in [6, 6.07) is 16.1. The summed E-state index contributed by atoms with van der Waals surface area (Å²) in [6.07, 6.45) is 2.20. The van der Waals surface area contributed by atoms with Gasteiger partial charge in [-0.2, -0.15) is 0 Å². The molecule has 4 rings (SSSR count). The van der Waals surface area contributed by atoms with Gasteiger partial charge in [0.05, 0.1) is 11.0 Å². The monoisotopic (exact) mass is 524 g/mol. The molecule has 2 aromatic carbocycles. The minimum absolute atomic E-state index is 0.0765. The van der Waals surface area contributed by atoms with Gasteiger partial charge >= 0.3 is 0 Å². The molecule has 0 spiro atoms. The Balaban J connectivity index is 1.68. The molecule has 34 heavy (non-hydrogen) atoms. The molecule has 0 saturated carbocycles. The molecule has 1 aromatic heterocycles. The second-order valence-corrected chi connectivity index (χ2v) is 10.2. The number of para-hydroxylation sites is 2. The fourth-order valence-corrected chi connectivity index (χ4v) is 5.27. The molecule has 1 saturated heterocycles. The number of hydrogen-bond donors (Lipinski definition) is 0. The average molecular weight is 525 g/mol. The van der Waals surface area contributed by atoms with Crippen molar-refractivity contribution in [2.24, 2.45) is 0 Å². The van der Waals surface area contributed by atoms with Crippen LogP contribution >= 0.6 is 15.9 Å². The zero-order valence-corrected chi connectivity index (χ0v) is 22.0. The van der Waals surface area contributed by atoms with Crippen molar-refractivity contribution in [1.29, 1.82) is 0 Å². The summed E-state index contributed by atoms with van der Waals surface area (Å²) in [5, 5.41) is 0. The average Bonchev–Trinajstić information content (AvgIpc) is 3.39. The SMILES string of the molecule is CCC(C)N(C(=O)Cn1c(C2CC(=O)N(c3cccc(Br)c3)C2)nc2ccccc21)C(C)CC. The third-order valence-corrected chi connectivity index (χ3v) is 7.50. The van der Waals surface area contributed by atoms with Crippen molar-refractivity contribution < 1.29 is 9.59 Å². The molecule has 2 heterocycles. The minimum atomic E-state index is -0.0765. The Hall–Kier alpha value is -2.67. The molecule has 0 aliphatic carbocycles. The van der Waals surface area contributed by atoms with E-state index in [9.17, 15) is 9.59 Å². The van der Waals surface area contributed by atoms with Crippen LogP contribution in [0, 0.1) is 0 Å². The summed E-state index contributed by atoms with van der Waals surface area (Å²) in [5.41, 5.74) is 2.67. The molecule has 6 nitrogen and oxygen atoms in total. The molecule has 0 bridgehead atoms. The van der Waals surface area contributed by atoms with Gasteiger partial charge in [-0.05, 0) is 57.0 Å². The Morgan fingerprint density at radius 1 is 1.12 bits per heavy atom. The van der Waals surface area contributed by atoms with Gasteiger partial charge in [-0.3, -0.25) is 9.59 Å². The number of aromatic nitrogens is 2. The molecule has 7 heteroatoms. The van der Waals surface area contributed by atoms with Gasteiger partial charge in [-0.25, -0.2) is 4.98 Å². The number of carbonyl (C=O) groups is 2. The van der Waals surface area contributed by atoms with Crippen LogP contribution in [0.2, 0.25) is 0 Å². The lowest BCUT2D eigenvalue weighted by Crippen LogP contribution is -2.46. The number of halogens is 1. The highest BCUT2D eigenvalue weighted by atomic mass is 79.9. The zero-order valence-electron chi connectivity index (χ0n) is 20.4. The number of nitrogens with zero attached hydrogens (tertiary/aromatic N) is 4. The Kier molecular flexibility index (Phi) is 7.41. The van der Waals surface area contributed by atoms with Crippen LogP contribution in [0.3, 0.4) is 0 Å². The van der Waals surface area contributed by atoms with Crippen molar-refractivity contribution >= 4 is 44.5 Å². The van der Waals surface area contributed by atoms with Gasteiger partial charge < -0.3 is 14.4 Å². The molecule has 2 amide bonds. The van der Waals surface area contributed by atoms with Crippen LogP contribution in [0.4, 0.5) is 5.69 Å². The molecule has 180 valence electrons. The number of rotatable bonds is 8. The third kappa shape index (κ3) is 4.76. The maximum atomic E-state index is 13.6. The van der Waals surface area contributed by atoms with E-state index in [0.717, 1.165) is 39.9 Å². The predicted molar refractivity (Wildman–Crippen MR) is 140 cm³/mol. The molecule has 3 atom stereocenters. The molecule has 0 radical (unpaired) electrons. The van der Waals surface area contributed by atoms with E-state index in [1.54, 1.807) is 0 Å². The van der Waals surface area contributed by atoms with E-state index in [4.69, 9.17) is 4.98 Å². The van der Waals surface area contributed by atoms with Gasteiger partial charge in [0.1, 0.15) is 12.4 Å². The van der Waals surface area contributed by atoms with Crippen LogP contribution in [0.5, 0.6) is 0 Å². The van der Waals surface area contributed by atoms with E-state index in [2.05, 4.69) is 43.6 Å². The zero-order chi connectivity index (χ0) is 24.4. The van der Waals surface area contributed by atoms with Gasteiger partial charge in [-0.15, -0.1) is 0 Å². The van der Waals surface area contributed by atoms with Crippen molar-refractivity contribution in [3.8, 4) is 0 Å². The Morgan fingerprint density at radius 2 is 1.82 bits per heavy atom. The van der Waals surface area contributed by atoms with Crippen molar-refractivity contribution in [1.82, 2.24) is 14.5 Å². The topological polar surface area (TPSA) is 58.4 Å². The van der Waals surface area contributed by atoms with E-state index in [-0.39, 0.29) is 36.4 Å². The third-order valence-electron chi connectivity index (χ3n) is 7.01. The van der Waals surface area contributed by atoms with Gasteiger partial charge in [0, 0.05) is 41.1 Å². The maximum absolute atomic E-state index is 13.6. The van der Waals surface area contributed by atoms with E-state index in [1.807, 2.05) is 62.9 Å². The van der Waals surface area contributed by atoms with Gasteiger partial charge in [-0.1, -0.05) is 48.0 Å². The van der Waals surface area contributed by atoms with Crippen LogP contribution in [0.15, 0.2) is 53.0 Å². The second kappa shape index (κ2) is 10.3. The molecule has 1 aliphatic rings. The second-order valence-electron chi connectivity index (χ2n) is 9.25. The van der Waals surface area contributed by atoms with E-state index in [0.29, 0.717) is 13.0 Å². The number of anilines is 1. The van der Waals surface area contributed by atoms with Crippen LogP contribution in [0.25, 0.3) is 11.0 Å². The highest BCUT2D eigenvalue weighted by Crippen LogP contribution is 2.34. The molecule has 1 fully saturated rings. The number of amides is 2. The molecule has 3 aromatic rings. The van der Waals surface area contributed by atoms with Crippen LogP contribution < -0.4 is 4.90 Å². The first-order valence-electron chi connectivity index (χ1n) is 12.2. The van der Waals surface area contributed by atoms with Crippen molar-refractivity contribution in [2.45, 2.75) is 71.5 Å². The van der Waals surface area contributed by atoms with Crippen molar-refractivity contribution in [3.05, 3.63) is 58.8 Å². The van der Waals surface area contributed by atoms with Crippen LogP contribution in [-0.2, 0) is 16.1 Å². The lowest BCUT2D eigenvalue weighted by molar-refractivity contribution is -0.136. The molecule has 1 aliphatic heterocycles. The standard InChI is InChI=1S/C27H33BrN4O2/c1-5-18(3)32(19(4)6-2)26(34)17-31-24-13-8-7-12-23(24)29-27(31)20-14-25(33)30(16-20)22-11-9-10-21(28)15-22/h7-13,15,18-20H,5-6,14,16-17H2,1-4H3. The first-order chi connectivity index (χ1) is 16.3. The highest BCUT2D eigenvalue weighted by Gasteiger charge is 2.35. The van der Waals surface area contributed by atoms with Gasteiger partial charge in [0.25, 0.3) is 0 Å². The van der Waals surface area contributed by atoms with E-state index in [1.165, 1.54) is 0 Å². The minimum Gasteiger partial charge on any atom is -0.336 e. The number of benzene rings is 2. The first kappa shape index (κ1) is 24.5. The summed E-state index contributed by atoms with van der Waals surface area (Å²) in [5.74, 6) is 0.913. The maximum Gasteiger partial charge on any atom is 0.243 e. The quantitative estimate of drug-likeness (QED) is 0.377. The fraction of sp³-hybridized carbons (Fsp3) is 0.444. The Morgan fingerprint density at radius 3 is 2.50 bits per heavy atom. The molecular formula is C27H33BrN4O2. The summed E-state index contributed by atoms with van der Waals surface area (Å²) < 4.78 is 2.98. The van der Waals surface area contributed by atoms with Crippen molar-refractivity contribution in [3.63, 3.8) is 0 Å². The highest BCUT2D eigenvalue weighted by molar-refractivity contribution is 9.10. The molecule has 3 unspecified atom stereocenters. The Labute approximate surface area is 210 Å². The smallest absolute Gasteiger partial charge is 0.243 e. The summed E-state index contributed by atoms with van der Waals surface area (Å²) in [6.45, 7) is 9.24. The number of carbonyl (C=O) groups excluding carboxylic acids is 2. The number of fused-ring (bicyclic) bond motifs is 1. The van der Waals surface area contributed by atoms with Gasteiger partial charge in [0.15, 0.2) is 0 Å². The lowest BCUT2D eigenvalue weighted by Gasteiger charge is -2.34. The summed E-state index contributed by atoms with van der Waals surface area (Å²) >= 11 is 3.50.